The molecule has 1 aromatic heterocycles. The molecule has 0 saturated carbocycles. The Labute approximate surface area is 187 Å². The summed E-state index contributed by atoms with van der Waals surface area (Å²) in [5.41, 5.74) is 2.20. The Hall–Kier alpha value is -3.71. The molecule has 0 spiro atoms. The lowest BCUT2D eigenvalue weighted by Crippen LogP contribution is -2.38. The number of aromatic hydroxyl groups is 1. The van der Waals surface area contributed by atoms with Gasteiger partial charge < -0.3 is 20.3 Å². The van der Waals surface area contributed by atoms with Crippen LogP contribution in [0.3, 0.4) is 0 Å². The second-order valence-corrected chi connectivity index (χ2v) is 7.15. The number of phenols is 1. The van der Waals surface area contributed by atoms with Crippen molar-refractivity contribution in [1.82, 2.24) is 20.2 Å². The van der Waals surface area contributed by atoms with E-state index in [0.717, 1.165) is 11.3 Å². The molecule has 32 heavy (non-hydrogen) atoms. The van der Waals surface area contributed by atoms with E-state index in [1.54, 1.807) is 30.7 Å². The van der Waals surface area contributed by atoms with Crippen molar-refractivity contribution in [2.75, 3.05) is 13.1 Å². The van der Waals surface area contributed by atoms with Gasteiger partial charge >= 0.3 is 0 Å². The van der Waals surface area contributed by atoms with Crippen LogP contribution in [0.25, 0.3) is 12.3 Å². The summed E-state index contributed by atoms with van der Waals surface area (Å²) in [6, 6.07) is 4.73. The average molecular weight is 437 g/mol. The van der Waals surface area contributed by atoms with Gasteiger partial charge in [-0.1, -0.05) is 38.0 Å². The van der Waals surface area contributed by atoms with Crippen molar-refractivity contribution >= 4 is 18.2 Å². The van der Waals surface area contributed by atoms with Crippen LogP contribution >= 0.6 is 0 Å². The molecule has 0 fully saturated rings. The molecule has 0 saturated heterocycles. The van der Waals surface area contributed by atoms with Crippen LogP contribution in [-0.2, 0) is 17.8 Å². The van der Waals surface area contributed by atoms with Crippen LogP contribution in [-0.4, -0.2) is 33.7 Å². The maximum atomic E-state index is 13.3. The number of aromatic nitrogens is 2. The molecule has 2 aromatic rings. The van der Waals surface area contributed by atoms with E-state index in [2.05, 4.69) is 35.4 Å². The highest BCUT2D eigenvalue weighted by Crippen LogP contribution is 2.12. The molecular weight excluding hydrogens is 407 g/mol. The van der Waals surface area contributed by atoms with Crippen LogP contribution < -0.4 is 21.1 Å². The lowest BCUT2D eigenvalue weighted by molar-refractivity contribution is -0.119. The van der Waals surface area contributed by atoms with Crippen molar-refractivity contribution in [2.24, 2.45) is 0 Å². The molecule has 0 bridgehead atoms. The second kappa shape index (κ2) is 12.2. The highest BCUT2D eigenvalue weighted by Gasteiger charge is 2.07. The standard InChI is InChI=1S/C25H29FN4O2/c1-5-7-20(12-19(4)26)13-21-15-28-17-30(21)11-10-27-16-25(32)29-24(6-2)23-14-22(31)9-8-18(23)3/h5-9,12,14-15,17,27,31H,1-3,10-11,13,16H2,4H3,(H,29,32)/b19-12+,20-7+,24-23+. The Balaban J connectivity index is 1.93. The average Bonchev–Trinajstić information content (AvgIpc) is 3.18. The Morgan fingerprint density at radius 2 is 2.12 bits per heavy atom. The highest BCUT2D eigenvalue weighted by molar-refractivity contribution is 5.86. The summed E-state index contributed by atoms with van der Waals surface area (Å²) >= 11 is 0. The van der Waals surface area contributed by atoms with Gasteiger partial charge in [-0.15, -0.1) is 0 Å². The van der Waals surface area contributed by atoms with Crippen LogP contribution in [0.1, 0.15) is 12.6 Å². The van der Waals surface area contributed by atoms with Crippen LogP contribution in [0.5, 0.6) is 5.75 Å². The van der Waals surface area contributed by atoms with Crippen molar-refractivity contribution in [3.8, 4) is 5.75 Å². The zero-order valence-electron chi connectivity index (χ0n) is 18.3. The number of phenolic OH excluding ortho intramolecular Hbond substituents is 1. The van der Waals surface area contributed by atoms with Crippen molar-refractivity contribution < 1.29 is 14.3 Å². The summed E-state index contributed by atoms with van der Waals surface area (Å²) < 4.78 is 15.2. The number of hydrogen-bond donors (Lipinski definition) is 3. The SMILES string of the molecule is C=C/C=C(\C=C(/C)F)Cc1cncn1CCNCC(=O)N/C(C=C)=c1\cc(O)ccc1=C. The van der Waals surface area contributed by atoms with Crippen molar-refractivity contribution in [2.45, 2.75) is 19.9 Å². The van der Waals surface area contributed by atoms with Gasteiger partial charge in [0.2, 0.25) is 5.91 Å². The van der Waals surface area contributed by atoms with Crippen molar-refractivity contribution in [3.63, 3.8) is 0 Å². The predicted molar refractivity (Wildman–Crippen MR) is 127 cm³/mol. The molecule has 0 aliphatic carbocycles. The van der Waals surface area contributed by atoms with Gasteiger partial charge in [-0.3, -0.25) is 4.79 Å². The van der Waals surface area contributed by atoms with Crippen molar-refractivity contribution in [1.29, 1.82) is 0 Å². The zero-order chi connectivity index (χ0) is 23.5. The smallest absolute Gasteiger partial charge is 0.238 e. The molecule has 0 unspecified atom stereocenters. The van der Waals surface area contributed by atoms with Crippen LogP contribution in [0, 0.1) is 0 Å². The first kappa shape index (κ1) is 24.6. The van der Waals surface area contributed by atoms with Crippen molar-refractivity contribution in [3.05, 3.63) is 95.7 Å². The number of benzene rings is 1. The van der Waals surface area contributed by atoms with E-state index in [-0.39, 0.29) is 24.0 Å². The van der Waals surface area contributed by atoms with Crippen LogP contribution in [0.15, 0.2) is 79.6 Å². The molecule has 0 atom stereocenters. The number of imidazole rings is 1. The van der Waals surface area contributed by atoms with Gasteiger partial charge in [-0.2, -0.15) is 0 Å². The van der Waals surface area contributed by atoms with Gasteiger partial charge in [0.05, 0.1) is 18.7 Å². The minimum atomic E-state index is -0.274. The predicted octanol–water partition coefficient (Wildman–Crippen LogP) is 2.23. The monoisotopic (exact) mass is 436 g/mol. The third-order valence-electron chi connectivity index (χ3n) is 4.58. The van der Waals surface area contributed by atoms with Crippen LogP contribution in [0.4, 0.5) is 4.39 Å². The number of nitrogens with zero attached hydrogens (tertiary/aromatic N) is 2. The number of amides is 1. The number of carbonyl (C=O) groups is 1. The van der Waals surface area contributed by atoms with E-state index in [9.17, 15) is 14.3 Å². The summed E-state index contributed by atoms with van der Waals surface area (Å²) in [5, 5.41) is 16.8. The Morgan fingerprint density at radius 3 is 2.81 bits per heavy atom. The third kappa shape index (κ3) is 7.52. The zero-order valence-corrected chi connectivity index (χ0v) is 18.3. The molecule has 1 aromatic carbocycles. The fraction of sp³-hybridized carbons (Fsp3) is 0.200. The van der Waals surface area contributed by atoms with E-state index in [1.165, 1.54) is 31.2 Å². The van der Waals surface area contributed by atoms with E-state index < -0.39 is 0 Å². The van der Waals surface area contributed by atoms with E-state index in [4.69, 9.17) is 0 Å². The molecule has 0 aliphatic rings. The lowest BCUT2D eigenvalue weighted by Gasteiger charge is -2.11. The molecule has 168 valence electrons. The molecule has 6 nitrogen and oxygen atoms in total. The molecular formula is C25H29FN4O2. The number of halogens is 1. The number of allylic oxidation sites excluding steroid dienone is 5. The van der Waals surface area contributed by atoms with E-state index >= 15 is 0 Å². The van der Waals surface area contributed by atoms with Gasteiger partial charge in [0, 0.05) is 42.3 Å². The number of carbonyl (C=O) groups excluding carboxylic acids is 1. The fourth-order valence-electron chi connectivity index (χ4n) is 3.11. The summed E-state index contributed by atoms with van der Waals surface area (Å²) in [6.45, 7) is 13.9. The molecule has 7 heteroatoms. The Bertz CT molecular complexity index is 1140. The summed E-state index contributed by atoms with van der Waals surface area (Å²) in [6.07, 6.45) is 10.3. The minimum Gasteiger partial charge on any atom is -0.508 e. The van der Waals surface area contributed by atoms with Gasteiger partial charge in [0.15, 0.2) is 0 Å². The summed E-state index contributed by atoms with van der Waals surface area (Å²) in [4.78, 5) is 16.5. The molecule has 1 amide bonds. The topological polar surface area (TPSA) is 79.2 Å². The highest BCUT2D eigenvalue weighted by atomic mass is 19.1. The molecule has 0 aliphatic heterocycles. The Kier molecular flexibility index (Phi) is 9.38. The maximum absolute atomic E-state index is 13.3. The summed E-state index contributed by atoms with van der Waals surface area (Å²) in [7, 11) is 0. The summed E-state index contributed by atoms with van der Waals surface area (Å²) in [5.74, 6) is -0.434. The van der Waals surface area contributed by atoms with Crippen LogP contribution in [0.2, 0.25) is 0 Å². The normalized spacial score (nSPS) is 12.9. The number of hydrogen-bond acceptors (Lipinski definition) is 4. The first-order valence-electron chi connectivity index (χ1n) is 10.1. The minimum absolute atomic E-state index is 0.0820. The van der Waals surface area contributed by atoms with E-state index in [1.807, 2.05) is 4.57 Å². The lowest BCUT2D eigenvalue weighted by atomic mass is 10.1. The molecule has 1 heterocycles. The quantitative estimate of drug-likeness (QED) is 0.373. The first-order valence-corrected chi connectivity index (χ1v) is 10.1. The fourth-order valence-corrected chi connectivity index (χ4v) is 3.11. The molecule has 2 rings (SSSR count). The van der Waals surface area contributed by atoms with Gasteiger partial charge in [0.1, 0.15) is 5.75 Å². The largest absolute Gasteiger partial charge is 0.508 e. The Morgan fingerprint density at radius 1 is 1.34 bits per heavy atom. The first-order chi connectivity index (χ1) is 15.3. The number of nitrogens with one attached hydrogen (secondary N) is 2. The van der Waals surface area contributed by atoms with Gasteiger partial charge in [-0.05, 0) is 42.0 Å². The molecule has 0 radical (unpaired) electrons. The number of rotatable bonds is 11. The van der Waals surface area contributed by atoms with E-state index in [0.29, 0.717) is 35.6 Å². The van der Waals surface area contributed by atoms with Gasteiger partial charge in [0.25, 0.3) is 0 Å². The third-order valence-corrected chi connectivity index (χ3v) is 4.58. The maximum Gasteiger partial charge on any atom is 0.238 e. The second-order valence-electron chi connectivity index (χ2n) is 7.15. The van der Waals surface area contributed by atoms with Gasteiger partial charge in [-0.25, -0.2) is 9.37 Å². The molecule has 3 N–H and O–H groups in total.